The Morgan fingerprint density at radius 3 is 2.52 bits per heavy atom. The number of thiazole rings is 1. The van der Waals surface area contributed by atoms with Crippen LogP contribution >= 0.6 is 11.3 Å². The molecule has 0 spiro atoms. The third-order valence-electron chi connectivity index (χ3n) is 3.92. The summed E-state index contributed by atoms with van der Waals surface area (Å²) in [5.41, 5.74) is 2.44. The van der Waals surface area contributed by atoms with Crippen LogP contribution in [0.1, 0.15) is 44.7 Å². The van der Waals surface area contributed by atoms with E-state index in [1.807, 2.05) is 0 Å². The summed E-state index contributed by atoms with van der Waals surface area (Å²) in [6.07, 6.45) is 2.25. The maximum absolute atomic E-state index is 4.91. The Balaban J connectivity index is 1.99. The number of nitrogens with zero attached hydrogens (tertiary/aromatic N) is 1. The van der Waals surface area contributed by atoms with Crippen molar-refractivity contribution in [2.45, 2.75) is 46.0 Å². The number of benzene rings is 2. The van der Waals surface area contributed by atoms with Gasteiger partial charge in [0.1, 0.15) is 0 Å². The van der Waals surface area contributed by atoms with Crippen molar-refractivity contribution in [3.63, 3.8) is 0 Å². The minimum atomic E-state index is 0.0830. The van der Waals surface area contributed by atoms with Gasteiger partial charge < -0.3 is 5.32 Å². The monoisotopic (exact) mass is 324 g/mol. The predicted octanol–water partition coefficient (Wildman–Crippen LogP) is 6.29. The minimum Gasteiger partial charge on any atom is -0.331 e. The molecule has 0 fully saturated rings. The number of hydrogen-bond donors (Lipinski definition) is 1. The van der Waals surface area contributed by atoms with Crippen molar-refractivity contribution in [1.29, 1.82) is 0 Å². The zero-order valence-corrected chi connectivity index (χ0v) is 15.1. The highest BCUT2D eigenvalue weighted by molar-refractivity contribution is 7.15. The molecule has 0 aliphatic carbocycles. The molecule has 2 nitrogen and oxygen atoms in total. The van der Waals surface area contributed by atoms with Gasteiger partial charge in [-0.3, -0.25) is 0 Å². The van der Waals surface area contributed by atoms with Gasteiger partial charge >= 0.3 is 0 Å². The number of aryl methyl sites for hydroxylation is 1. The van der Waals surface area contributed by atoms with Crippen LogP contribution in [0, 0.1) is 0 Å². The Labute approximate surface area is 142 Å². The maximum atomic E-state index is 4.91. The van der Waals surface area contributed by atoms with E-state index in [-0.39, 0.29) is 5.41 Å². The summed E-state index contributed by atoms with van der Waals surface area (Å²) in [5.74, 6) is 0. The molecule has 0 saturated heterocycles. The van der Waals surface area contributed by atoms with Crippen LogP contribution in [-0.2, 0) is 11.8 Å². The van der Waals surface area contributed by atoms with Gasteiger partial charge in [0, 0.05) is 21.4 Å². The Kier molecular flexibility index (Phi) is 4.40. The summed E-state index contributed by atoms with van der Waals surface area (Å²) in [6.45, 7) is 8.94. The zero-order valence-electron chi connectivity index (χ0n) is 14.3. The van der Waals surface area contributed by atoms with Crippen LogP contribution in [0.25, 0.3) is 10.8 Å². The molecule has 0 aliphatic rings. The lowest BCUT2D eigenvalue weighted by Gasteiger charge is -2.17. The van der Waals surface area contributed by atoms with E-state index in [9.17, 15) is 0 Å². The van der Waals surface area contributed by atoms with Gasteiger partial charge in [0.25, 0.3) is 0 Å². The van der Waals surface area contributed by atoms with E-state index in [0.29, 0.717) is 0 Å². The van der Waals surface area contributed by atoms with Crippen LogP contribution in [0.3, 0.4) is 0 Å². The van der Waals surface area contributed by atoms with Gasteiger partial charge in [0.05, 0.1) is 5.69 Å². The van der Waals surface area contributed by atoms with E-state index >= 15 is 0 Å². The van der Waals surface area contributed by atoms with E-state index in [0.717, 1.165) is 23.7 Å². The first-order chi connectivity index (χ1) is 11.0. The second-order valence-electron chi connectivity index (χ2n) is 6.94. The number of hydrogen-bond acceptors (Lipinski definition) is 3. The molecule has 0 bridgehead atoms. The number of aromatic nitrogens is 1. The van der Waals surface area contributed by atoms with Crippen molar-refractivity contribution in [3.05, 3.63) is 53.0 Å². The van der Waals surface area contributed by atoms with Crippen molar-refractivity contribution in [2.75, 3.05) is 5.32 Å². The van der Waals surface area contributed by atoms with E-state index in [2.05, 4.69) is 75.5 Å². The summed E-state index contributed by atoms with van der Waals surface area (Å²) in [6, 6.07) is 14.8. The number of nitrogens with one attached hydrogen (secondary N) is 1. The fourth-order valence-electron chi connectivity index (χ4n) is 2.84. The second-order valence-corrected chi connectivity index (χ2v) is 8.03. The molecule has 1 N–H and O–H groups in total. The van der Waals surface area contributed by atoms with Gasteiger partial charge in [0.2, 0.25) is 0 Å². The standard InChI is InChI=1S/C20H24N2S/c1-5-9-17-18(20(2,3)4)22-19(23-17)21-16-13-8-11-14-10-6-7-12-15(14)16/h6-8,10-13H,5,9H2,1-4H3,(H,21,22). The minimum absolute atomic E-state index is 0.0830. The van der Waals surface area contributed by atoms with Crippen LogP contribution < -0.4 is 5.32 Å². The van der Waals surface area contributed by atoms with Gasteiger partial charge in [-0.1, -0.05) is 70.5 Å². The van der Waals surface area contributed by atoms with Crippen LogP contribution in [-0.4, -0.2) is 4.98 Å². The van der Waals surface area contributed by atoms with Crippen molar-refractivity contribution in [2.24, 2.45) is 0 Å². The molecule has 1 aromatic heterocycles. The van der Waals surface area contributed by atoms with Crippen molar-refractivity contribution in [3.8, 4) is 0 Å². The van der Waals surface area contributed by atoms with Gasteiger partial charge in [-0.15, -0.1) is 11.3 Å². The lowest BCUT2D eigenvalue weighted by Crippen LogP contribution is -2.14. The van der Waals surface area contributed by atoms with Crippen molar-refractivity contribution in [1.82, 2.24) is 4.98 Å². The fourth-order valence-corrected chi connectivity index (χ4v) is 4.12. The summed E-state index contributed by atoms with van der Waals surface area (Å²) in [7, 11) is 0. The number of fused-ring (bicyclic) bond motifs is 1. The normalized spacial score (nSPS) is 11.8. The van der Waals surface area contributed by atoms with Crippen molar-refractivity contribution >= 4 is 32.9 Å². The molecule has 0 amide bonds. The number of anilines is 2. The van der Waals surface area contributed by atoms with Crippen molar-refractivity contribution < 1.29 is 0 Å². The Morgan fingerprint density at radius 1 is 1.04 bits per heavy atom. The molecular formula is C20H24N2S. The second kappa shape index (κ2) is 6.32. The molecule has 3 heteroatoms. The topological polar surface area (TPSA) is 24.9 Å². The predicted molar refractivity (Wildman–Crippen MR) is 102 cm³/mol. The van der Waals surface area contributed by atoms with Crippen LogP contribution in [0.15, 0.2) is 42.5 Å². The largest absolute Gasteiger partial charge is 0.331 e. The average Bonchev–Trinajstić information content (AvgIpc) is 2.91. The third-order valence-corrected chi connectivity index (χ3v) is 4.95. The van der Waals surface area contributed by atoms with Gasteiger partial charge in [0.15, 0.2) is 5.13 Å². The quantitative estimate of drug-likeness (QED) is 0.610. The lowest BCUT2D eigenvalue weighted by atomic mass is 9.90. The Bertz CT molecular complexity index is 807. The molecule has 0 radical (unpaired) electrons. The highest BCUT2D eigenvalue weighted by atomic mass is 32.1. The molecule has 120 valence electrons. The molecular weight excluding hydrogens is 300 g/mol. The SMILES string of the molecule is CCCc1sc(Nc2cccc3ccccc23)nc1C(C)(C)C. The molecule has 2 aromatic carbocycles. The van der Waals surface area contributed by atoms with Crippen LogP contribution in [0.4, 0.5) is 10.8 Å². The first kappa shape index (κ1) is 16.0. The van der Waals surface area contributed by atoms with Crippen LogP contribution in [0.2, 0.25) is 0 Å². The Morgan fingerprint density at radius 2 is 1.78 bits per heavy atom. The summed E-state index contributed by atoms with van der Waals surface area (Å²) in [4.78, 5) is 6.31. The number of rotatable bonds is 4. The smallest absolute Gasteiger partial charge is 0.187 e. The highest BCUT2D eigenvalue weighted by Gasteiger charge is 2.23. The van der Waals surface area contributed by atoms with Gasteiger partial charge in [-0.05, 0) is 17.9 Å². The lowest BCUT2D eigenvalue weighted by molar-refractivity contribution is 0.566. The van der Waals surface area contributed by atoms with Gasteiger partial charge in [-0.25, -0.2) is 4.98 Å². The molecule has 0 saturated carbocycles. The fraction of sp³-hybridized carbons (Fsp3) is 0.350. The first-order valence-electron chi connectivity index (χ1n) is 8.24. The molecule has 3 aromatic rings. The molecule has 0 unspecified atom stereocenters. The van der Waals surface area contributed by atoms with Gasteiger partial charge in [-0.2, -0.15) is 0 Å². The first-order valence-corrected chi connectivity index (χ1v) is 9.05. The Hall–Kier alpha value is -1.87. The van der Waals surface area contributed by atoms with E-state index < -0.39 is 0 Å². The molecule has 23 heavy (non-hydrogen) atoms. The average molecular weight is 324 g/mol. The van der Waals surface area contributed by atoms with E-state index in [1.54, 1.807) is 11.3 Å². The molecule has 1 heterocycles. The van der Waals surface area contributed by atoms with Crippen LogP contribution in [0.5, 0.6) is 0 Å². The third kappa shape index (κ3) is 3.40. The summed E-state index contributed by atoms with van der Waals surface area (Å²) < 4.78 is 0. The molecule has 0 atom stereocenters. The highest BCUT2D eigenvalue weighted by Crippen LogP contribution is 2.35. The summed E-state index contributed by atoms with van der Waals surface area (Å²) in [5, 5.41) is 7.03. The van der Waals surface area contributed by atoms with E-state index in [4.69, 9.17) is 4.98 Å². The molecule has 0 aliphatic heterocycles. The van der Waals surface area contributed by atoms with E-state index in [1.165, 1.54) is 21.3 Å². The zero-order chi connectivity index (χ0) is 16.4. The maximum Gasteiger partial charge on any atom is 0.187 e. The molecule has 3 rings (SSSR count). The summed E-state index contributed by atoms with van der Waals surface area (Å²) >= 11 is 1.79.